The van der Waals surface area contributed by atoms with Crippen LogP contribution in [0.15, 0.2) is 73.1 Å². The third kappa shape index (κ3) is 8.61. The van der Waals surface area contributed by atoms with Gasteiger partial charge < -0.3 is 24.2 Å². The van der Waals surface area contributed by atoms with Crippen molar-refractivity contribution < 1.29 is 24.1 Å². The van der Waals surface area contributed by atoms with Crippen molar-refractivity contribution in [3.05, 3.63) is 106 Å². The zero-order valence-electron chi connectivity index (χ0n) is 25.2. The van der Waals surface area contributed by atoms with Crippen molar-refractivity contribution in [2.75, 3.05) is 26.2 Å². The topological polar surface area (TPSA) is 105 Å². The SMILES string of the molecule is Cc1c(COc2cc(OCc3cncc(C#N)c3)c(C=O)cc2Cl)cccc1-c1cccc(OCCCN2CCC[C@@H](O)C2)c1. The molecule has 45 heavy (non-hydrogen) atoms. The van der Waals surface area contributed by atoms with Crippen LogP contribution in [-0.4, -0.2) is 53.6 Å². The summed E-state index contributed by atoms with van der Waals surface area (Å²) in [5.74, 6) is 1.53. The minimum Gasteiger partial charge on any atom is -0.494 e. The highest BCUT2D eigenvalue weighted by Crippen LogP contribution is 2.34. The normalized spacial score (nSPS) is 14.8. The van der Waals surface area contributed by atoms with E-state index >= 15 is 0 Å². The van der Waals surface area contributed by atoms with Crippen molar-refractivity contribution in [2.24, 2.45) is 0 Å². The van der Waals surface area contributed by atoms with Gasteiger partial charge in [0, 0.05) is 37.1 Å². The lowest BCUT2D eigenvalue weighted by Gasteiger charge is -2.29. The lowest BCUT2D eigenvalue weighted by molar-refractivity contribution is 0.0679. The van der Waals surface area contributed by atoms with Gasteiger partial charge in [0.1, 0.15) is 36.5 Å². The molecular formula is C36H36ClN3O5. The zero-order chi connectivity index (χ0) is 31.6. The Labute approximate surface area is 268 Å². The predicted octanol–water partition coefficient (Wildman–Crippen LogP) is 6.78. The number of halogens is 1. The summed E-state index contributed by atoms with van der Waals surface area (Å²) in [7, 11) is 0. The van der Waals surface area contributed by atoms with Gasteiger partial charge in [-0.15, -0.1) is 0 Å². The van der Waals surface area contributed by atoms with E-state index in [1.54, 1.807) is 18.3 Å². The van der Waals surface area contributed by atoms with Crippen molar-refractivity contribution in [3.8, 4) is 34.4 Å². The first-order valence-electron chi connectivity index (χ1n) is 15.0. The molecule has 0 spiro atoms. The number of β-amino-alcohol motifs (C(OH)–C–C–N with tert-alkyl or cyclic N) is 1. The Morgan fingerprint density at radius 3 is 2.73 bits per heavy atom. The fourth-order valence-electron chi connectivity index (χ4n) is 5.44. The molecule has 5 rings (SSSR count). The van der Waals surface area contributed by atoms with Gasteiger partial charge in [-0.3, -0.25) is 9.78 Å². The molecule has 3 aromatic carbocycles. The minimum absolute atomic E-state index is 0.122. The number of pyridine rings is 1. The standard InChI is InChI=1S/C36H36ClN3O5/c1-25-29(24-45-36-17-35(30(22-41)16-34(36)37)44-23-27-14-26(18-38)19-39-20-27)7-3-10-33(25)28-6-2-9-32(15-28)43-13-5-12-40-11-4-8-31(42)21-40/h2-3,6-7,9-10,14-17,19-20,22,31,42H,4-5,8,11-13,21,23-24H2,1H3/t31-/m1/s1. The molecular weight excluding hydrogens is 590 g/mol. The van der Waals surface area contributed by atoms with E-state index in [1.165, 1.54) is 12.3 Å². The first-order chi connectivity index (χ1) is 21.9. The summed E-state index contributed by atoms with van der Waals surface area (Å²) in [6, 6.07) is 21.0. The van der Waals surface area contributed by atoms with Crippen molar-refractivity contribution in [1.82, 2.24) is 9.88 Å². The number of hydrogen-bond donors (Lipinski definition) is 1. The molecule has 4 aromatic rings. The van der Waals surface area contributed by atoms with Crippen LogP contribution in [0.2, 0.25) is 5.02 Å². The molecule has 2 heterocycles. The zero-order valence-corrected chi connectivity index (χ0v) is 26.0. The van der Waals surface area contributed by atoms with E-state index in [4.69, 9.17) is 31.1 Å². The van der Waals surface area contributed by atoms with Crippen LogP contribution in [0.3, 0.4) is 0 Å². The van der Waals surface area contributed by atoms with Gasteiger partial charge in [0.05, 0.1) is 28.9 Å². The van der Waals surface area contributed by atoms with Crippen molar-refractivity contribution >= 4 is 17.9 Å². The second-order valence-electron chi connectivity index (χ2n) is 11.1. The number of carbonyl (C=O) groups is 1. The third-order valence-corrected chi connectivity index (χ3v) is 8.15. The smallest absolute Gasteiger partial charge is 0.153 e. The quantitative estimate of drug-likeness (QED) is 0.128. The molecule has 0 saturated carbocycles. The fraction of sp³-hybridized carbons (Fsp3) is 0.306. The van der Waals surface area contributed by atoms with Gasteiger partial charge in [0.2, 0.25) is 0 Å². The highest BCUT2D eigenvalue weighted by Gasteiger charge is 2.17. The molecule has 0 bridgehead atoms. The fourth-order valence-corrected chi connectivity index (χ4v) is 5.67. The van der Waals surface area contributed by atoms with Crippen LogP contribution in [0.25, 0.3) is 11.1 Å². The Balaban J connectivity index is 1.23. The maximum atomic E-state index is 11.7. The number of aldehydes is 1. The Morgan fingerprint density at radius 2 is 1.91 bits per heavy atom. The molecule has 0 unspecified atom stereocenters. The summed E-state index contributed by atoms with van der Waals surface area (Å²) >= 11 is 6.48. The minimum atomic E-state index is -0.212. The molecule has 0 aliphatic carbocycles. The van der Waals surface area contributed by atoms with Gasteiger partial charge in [0.25, 0.3) is 0 Å². The molecule has 0 radical (unpaired) electrons. The van der Waals surface area contributed by atoms with Gasteiger partial charge in [-0.2, -0.15) is 5.26 Å². The van der Waals surface area contributed by atoms with Gasteiger partial charge >= 0.3 is 0 Å². The molecule has 0 amide bonds. The number of likely N-dealkylation sites (tertiary alicyclic amines) is 1. The van der Waals surface area contributed by atoms with Crippen LogP contribution in [0.4, 0.5) is 0 Å². The lowest BCUT2D eigenvalue weighted by Crippen LogP contribution is -2.39. The van der Waals surface area contributed by atoms with Crippen LogP contribution >= 0.6 is 11.6 Å². The van der Waals surface area contributed by atoms with E-state index in [-0.39, 0.29) is 19.3 Å². The number of piperidine rings is 1. The number of hydrogen-bond acceptors (Lipinski definition) is 8. The number of ether oxygens (including phenoxy) is 3. The molecule has 1 aliphatic heterocycles. The number of nitriles is 1. The average molecular weight is 626 g/mol. The Kier molecular flexibility index (Phi) is 11.0. The number of aliphatic hydroxyl groups excluding tert-OH is 1. The van der Waals surface area contributed by atoms with Crippen molar-refractivity contribution in [3.63, 3.8) is 0 Å². The van der Waals surface area contributed by atoms with Crippen LogP contribution < -0.4 is 14.2 Å². The van der Waals surface area contributed by atoms with E-state index in [1.807, 2.05) is 24.3 Å². The van der Waals surface area contributed by atoms with Crippen LogP contribution in [-0.2, 0) is 13.2 Å². The monoisotopic (exact) mass is 625 g/mol. The largest absolute Gasteiger partial charge is 0.494 e. The van der Waals surface area contributed by atoms with Gasteiger partial charge in [-0.05, 0) is 79.3 Å². The second-order valence-corrected chi connectivity index (χ2v) is 11.5. The molecule has 1 fully saturated rings. The van der Waals surface area contributed by atoms with E-state index in [9.17, 15) is 9.90 Å². The number of benzene rings is 3. The lowest BCUT2D eigenvalue weighted by atomic mass is 9.96. The van der Waals surface area contributed by atoms with Gasteiger partial charge in [-0.25, -0.2) is 0 Å². The Hall–Kier alpha value is -4.42. The molecule has 232 valence electrons. The maximum absolute atomic E-state index is 11.7. The highest BCUT2D eigenvalue weighted by atomic mass is 35.5. The van der Waals surface area contributed by atoms with E-state index < -0.39 is 0 Å². The number of rotatable bonds is 13. The first kappa shape index (κ1) is 32.0. The molecule has 1 atom stereocenters. The Morgan fingerprint density at radius 1 is 1.07 bits per heavy atom. The molecule has 1 saturated heterocycles. The van der Waals surface area contributed by atoms with E-state index in [0.29, 0.717) is 46.1 Å². The van der Waals surface area contributed by atoms with Gasteiger partial charge in [-0.1, -0.05) is 41.9 Å². The molecule has 1 aliphatic rings. The second kappa shape index (κ2) is 15.5. The number of nitrogens with zero attached hydrogens (tertiary/aromatic N) is 3. The van der Waals surface area contributed by atoms with Crippen molar-refractivity contribution in [1.29, 1.82) is 5.26 Å². The van der Waals surface area contributed by atoms with Crippen LogP contribution in [0.5, 0.6) is 17.2 Å². The van der Waals surface area contributed by atoms with Crippen LogP contribution in [0.1, 0.15) is 51.9 Å². The summed E-state index contributed by atoms with van der Waals surface area (Å²) in [5.41, 5.74) is 5.59. The summed E-state index contributed by atoms with van der Waals surface area (Å²) in [5, 5.41) is 19.3. The summed E-state index contributed by atoms with van der Waals surface area (Å²) in [6.07, 6.45) is 6.39. The summed E-state index contributed by atoms with van der Waals surface area (Å²) in [4.78, 5) is 18.1. The van der Waals surface area contributed by atoms with E-state index in [2.05, 4.69) is 41.1 Å². The van der Waals surface area contributed by atoms with Crippen molar-refractivity contribution in [2.45, 2.75) is 45.5 Å². The number of aliphatic hydroxyl groups is 1. The highest BCUT2D eigenvalue weighted by molar-refractivity contribution is 6.32. The first-order valence-corrected chi connectivity index (χ1v) is 15.4. The third-order valence-electron chi connectivity index (χ3n) is 7.85. The summed E-state index contributed by atoms with van der Waals surface area (Å²) < 4.78 is 18.1. The van der Waals surface area contributed by atoms with Gasteiger partial charge in [0.15, 0.2) is 6.29 Å². The Bertz CT molecular complexity index is 1670. The molecule has 9 heteroatoms. The predicted molar refractivity (Wildman–Crippen MR) is 173 cm³/mol. The summed E-state index contributed by atoms with van der Waals surface area (Å²) in [6.45, 7) is 5.75. The maximum Gasteiger partial charge on any atom is 0.153 e. The average Bonchev–Trinajstić information content (AvgIpc) is 3.06. The number of carbonyl (C=O) groups excluding carboxylic acids is 1. The molecule has 1 N–H and O–H groups in total. The van der Waals surface area contributed by atoms with Crippen LogP contribution in [0, 0.1) is 18.3 Å². The number of aromatic nitrogens is 1. The molecule has 1 aromatic heterocycles. The van der Waals surface area contributed by atoms with E-state index in [0.717, 1.165) is 66.9 Å². The molecule has 8 nitrogen and oxygen atoms in total.